The third kappa shape index (κ3) is 35.0. The number of urea groups is 2. The molecule has 6 aromatic carbocycles. The molecule has 690 valence electrons. The number of sulfone groups is 2. The molecule has 2 aliphatic rings. The minimum Gasteiger partial charge on any atom is -0.449 e. The van der Waals surface area contributed by atoms with E-state index in [1.807, 2.05) is 135 Å². The van der Waals surface area contributed by atoms with Gasteiger partial charge in [0, 0.05) is 12.5 Å². The van der Waals surface area contributed by atoms with Crippen LogP contribution in [0.1, 0.15) is 189 Å². The molecule has 0 saturated heterocycles. The van der Waals surface area contributed by atoms with Crippen molar-refractivity contribution in [2.75, 3.05) is 50.8 Å². The molecule has 0 radical (unpaired) electrons. The smallest absolute Gasteiger partial charge is 0.407 e. The fraction of sp³-hybridized carbons (Fsp3) is 0.446. The first kappa shape index (κ1) is 103. The van der Waals surface area contributed by atoms with Crippen molar-refractivity contribution in [1.82, 2.24) is 74.7 Å². The standard InChI is InChI=1S/C48H64N8O10S.C44H58N8O8S/c1-6-19-37(50-44(59)38(30-67(5,64)65)51-46(61)42(36-26-17-10-18-27-36)54-48(63)66-29-31(2)3)43(45(60)49-28-39(58)52-40(32(4)57)33-20-11-7-12-21-33)55-56-47(62)53-41(34-22-13-8-14-23-34)35-24-15-9-16-25-35;1-5-18-34(47-41(55)35(28-61(4,59)60)48-43(57)39(45-3)33-25-16-9-17-26-33)40(42(56)46-27-36(54)49-37(29(2)53)30-19-10-6-11-20-30)51-52-44(58)50-38(31-21-12-7-13-22-31)32-23-14-8-15-24-32/h7-9,11-16,20-25,31,36-38,40-42H,6,10,17-19,26-30H2,1-5H3,(H,49,60)(H,50,59)(H,51,61)(H,52,58)(H,54,63)(H2,53,56,62);6-8,10-15,19-24,33-35,37-39,45H,5,9,16-18,25-28H2,1-4H3,(H,46,56)(H,47,55)(H,48,57)(H,49,54)(H2,50,52,58)/b55-43-;51-40+. The highest BCUT2D eigenvalue weighted by molar-refractivity contribution is 7.91. The van der Waals surface area contributed by atoms with Crippen LogP contribution in [0.15, 0.2) is 192 Å². The Balaban J connectivity index is 0.000000352. The Bertz CT molecular complexity index is 4900. The first-order valence-corrected chi connectivity index (χ1v) is 47.2. The molecule has 2 fully saturated rings. The number of carbonyl (C=O) groups is 13. The highest BCUT2D eigenvalue weighted by Gasteiger charge is 2.39. The molecule has 2 saturated carbocycles. The molecular formula is C92H122N16O18S2. The van der Waals surface area contributed by atoms with Gasteiger partial charge in [-0.1, -0.05) is 261 Å². The number of alkyl carbamates (subject to hydrolysis) is 1. The minimum atomic E-state index is -3.95. The number of rotatable bonds is 44. The van der Waals surface area contributed by atoms with E-state index in [-0.39, 0.29) is 48.8 Å². The third-order valence-corrected chi connectivity index (χ3v) is 23.1. The van der Waals surface area contributed by atoms with Gasteiger partial charge in [-0.15, -0.1) is 0 Å². The number of ether oxygens (including phenoxy) is 1. The maximum Gasteiger partial charge on any atom is 0.407 e. The van der Waals surface area contributed by atoms with Crippen LogP contribution in [0.25, 0.3) is 0 Å². The average molecular weight is 1800 g/mol. The summed E-state index contributed by atoms with van der Waals surface area (Å²) < 4.78 is 56.1. The number of benzene rings is 6. The summed E-state index contributed by atoms with van der Waals surface area (Å²) in [5, 5.41) is 40.4. The molecule has 2 aliphatic carbocycles. The molecule has 34 nitrogen and oxygen atoms in total. The number of likely N-dealkylation sites (N-methyl/N-ethyl adjacent to an activating group) is 1. The molecule has 13 amide bonds. The van der Waals surface area contributed by atoms with Gasteiger partial charge in [-0.3, -0.25) is 47.9 Å². The number of hydrogen-bond donors (Lipinski definition) is 14. The van der Waals surface area contributed by atoms with Crippen molar-refractivity contribution in [3.8, 4) is 0 Å². The number of hydrogen-bond acceptors (Lipinski definition) is 21. The van der Waals surface area contributed by atoms with Gasteiger partial charge in [-0.2, -0.15) is 10.2 Å². The van der Waals surface area contributed by atoms with Crippen LogP contribution in [-0.4, -0.2) is 192 Å². The Kier molecular flexibility index (Phi) is 42.1. The summed E-state index contributed by atoms with van der Waals surface area (Å²) in [7, 11) is -6.15. The van der Waals surface area contributed by atoms with Crippen molar-refractivity contribution in [1.29, 1.82) is 0 Å². The Labute approximate surface area is 748 Å². The normalized spacial score (nSPS) is 15.1. The van der Waals surface area contributed by atoms with Crippen LogP contribution in [-0.2, 0) is 72.4 Å². The summed E-state index contributed by atoms with van der Waals surface area (Å²) >= 11 is 0. The quantitative estimate of drug-likeness (QED) is 0.0134. The van der Waals surface area contributed by atoms with Gasteiger partial charge in [0.1, 0.15) is 61.3 Å². The van der Waals surface area contributed by atoms with Crippen molar-refractivity contribution >= 4 is 108 Å². The van der Waals surface area contributed by atoms with Crippen molar-refractivity contribution in [3.63, 3.8) is 0 Å². The molecule has 128 heavy (non-hydrogen) atoms. The van der Waals surface area contributed by atoms with Crippen molar-refractivity contribution in [2.24, 2.45) is 28.0 Å². The van der Waals surface area contributed by atoms with Crippen molar-refractivity contribution < 1.29 is 83.9 Å². The highest BCUT2D eigenvalue weighted by atomic mass is 32.2. The number of nitrogens with one attached hydrogen (secondary N) is 14. The van der Waals surface area contributed by atoms with E-state index in [1.54, 1.807) is 81.6 Å². The summed E-state index contributed by atoms with van der Waals surface area (Å²) in [5.41, 5.74) is 7.88. The van der Waals surface area contributed by atoms with Crippen LogP contribution in [0.5, 0.6) is 0 Å². The molecular weight excluding hydrogens is 1680 g/mol. The Morgan fingerprint density at radius 3 is 0.992 bits per heavy atom. The summed E-state index contributed by atoms with van der Waals surface area (Å²) in [6.07, 6.45) is 10.0. The number of carbonyl (C=O) groups excluding carboxylic acids is 13. The molecule has 0 aliphatic heterocycles. The molecule has 36 heteroatoms. The van der Waals surface area contributed by atoms with Gasteiger partial charge < -0.3 is 68.5 Å². The van der Waals surface area contributed by atoms with Crippen LogP contribution in [0.3, 0.4) is 0 Å². The van der Waals surface area contributed by atoms with Gasteiger partial charge in [-0.05, 0) is 111 Å². The number of amides is 13. The summed E-state index contributed by atoms with van der Waals surface area (Å²) in [6, 6.07) is 41.0. The van der Waals surface area contributed by atoms with E-state index < -0.39 is 182 Å². The first-order valence-electron chi connectivity index (χ1n) is 43.1. The largest absolute Gasteiger partial charge is 0.449 e. The molecule has 0 heterocycles. The lowest BCUT2D eigenvalue weighted by molar-refractivity contribution is -0.130. The second-order valence-electron chi connectivity index (χ2n) is 32.3. The highest BCUT2D eigenvalue weighted by Crippen LogP contribution is 2.30. The summed E-state index contributed by atoms with van der Waals surface area (Å²) in [5.74, 6) is -9.24. The van der Waals surface area contributed by atoms with Gasteiger partial charge in [0.2, 0.25) is 35.4 Å². The second-order valence-corrected chi connectivity index (χ2v) is 36.6. The zero-order chi connectivity index (χ0) is 93.3. The lowest BCUT2D eigenvalue weighted by Crippen LogP contribution is -2.60. The minimum absolute atomic E-state index is 0.00724. The molecule has 0 aromatic heterocycles. The van der Waals surface area contributed by atoms with Crippen LogP contribution >= 0.6 is 0 Å². The Morgan fingerprint density at radius 2 is 0.695 bits per heavy atom. The maximum atomic E-state index is 14.3. The molecule has 0 spiro atoms. The van der Waals surface area contributed by atoms with E-state index in [4.69, 9.17) is 4.74 Å². The maximum absolute atomic E-state index is 14.3. The molecule has 8 rings (SSSR count). The fourth-order valence-corrected chi connectivity index (χ4v) is 16.7. The average Bonchev–Trinajstić information content (AvgIpc) is 0.826. The van der Waals surface area contributed by atoms with Gasteiger partial charge in [0.25, 0.3) is 11.8 Å². The number of ketones is 2. The molecule has 8 unspecified atom stereocenters. The van der Waals surface area contributed by atoms with E-state index in [9.17, 15) is 79.2 Å². The molecule has 0 bridgehead atoms. The van der Waals surface area contributed by atoms with Crippen molar-refractivity contribution in [3.05, 3.63) is 215 Å². The number of hydrazone groups is 2. The van der Waals surface area contributed by atoms with Crippen LogP contribution < -0.4 is 74.7 Å². The van der Waals surface area contributed by atoms with E-state index in [0.717, 1.165) is 86.1 Å². The SMILES string of the molecule is CCCC(NC(=O)C(CS(C)(=O)=O)NC(=O)C(NC(=O)OCC(C)C)C1CCCCC1)/C(=N/NC(=O)NC(c1ccccc1)c1ccccc1)C(=O)NCC(=O)NC(C(C)=O)c1ccccc1.CCCC(NC(=O)C(CS(C)(=O)=O)NC(=O)C(NC)C1CCCCC1)/C(=N\NC(=O)NC(c1ccccc1)c1ccccc1)C(=O)NCC(=O)NC(C(C)=O)c1ccccc1. The van der Waals surface area contributed by atoms with Gasteiger partial charge in [0.15, 0.2) is 11.6 Å². The van der Waals surface area contributed by atoms with E-state index in [0.29, 0.717) is 36.8 Å². The number of nitrogens with zero attached hydrogens (tertiary/aromatic N) is 2. The lowest BCUT2D eigenvalue weighted by atomic mass is 9.83. The lowest BCUT2D eigenvalue weighted by Gasteiger charge is -2.31. The van der Waals surface area contributed by atoms with Crippen LogP contribution in [0, 0.1) is 17.8 Å². The molecule has 14 N–H and O–H groups in total. The fourth-order valence-electron chi connectivity index (χ4n) is 15.0. The Morgan fingerprint density at radius 1 is 0.391 bits per heavy atom. The zero-order valence-corrected chi connectivity index (χ0v) is 75.5. The van der Waals surface area contributed by atoms with E-state index >= 15 is 0 Å². The first-order chi connectivity index (χ1) is 61.1. The van der Waals surface area contributed by atoms with Crippen LogP contribution in [0.4, 0.5) is 14.4 Å². The number of Topliss-reactive ketones (excluding diaryl/α,β-unsaturated/α-hetero) is 2. The van der Waals surface area contributed by atoms with Gasteiger partial charge >= 0.3 is 18.2 Å². The Hall–Kier alpha value is -12.6. The predicted octanol–water partition coefficient (Wildman–Crippen LogP) is 7.12. The summed E-state index contributed by atoms with van der Waals surface area (Å²) in [4.78, 5) is 175. The van der Waals surface area contributed by atoms with Crippen molar-refractivity contribution in [2.45, 2.75) is 192 Å². The third-order valence-electron chi connectivity index (χ3n) is 21.2. The van der Waals surface area contributed by atoms with E-state index in [1.165, 1.54) is 13.8 Å². The molecule has 8 atom stereocenters. The van der Waals surface area contributed by atoms with Crippen LogP contribution in [0.2, 0.25) is 0 Å². The topological polar surface area (TPSA) is 493 Å². The monoisotopic (exact) mass is 1800 g/mol. The molecule has 6 aromatic rings. The van der Waals surface area contributed by atoms with E-state index in [2.05, 4.69) is 84.9 Å². The van der Waals surface area contributed by atoms with Gasteiger partial charge in [-0.25, -0.2) is 42.1 Å². The second kappa shape index (κ2) is 52.5. The summed E-state index contributed by atoms with van der Waals surface area (Å²) in [6.45, 7) is 8.68. The zero-order valence-electron chi connectivity index (χ0n) is 73.8. The predicted molar refractivity (Wildman–Crippen MR) is 486 cm³/mol. The van der Waals surface area contributed by atoms with Gasteiger partial charge in [0.05, 0.1) is 61.4 Å².